The molecule has 9 heteroatoms. The van der Waals surface area contributed by atoms with E-state index >= 15 is 0 Å². The summed E-state index contributed by atoms with van der Waals surface area (Å²) in [6.07, 6.45) is -0.924. The van der Waals surface area contributed by atoms with E-state index in [0.717, 1.165) is 12.1 Å². The van der Waals surface area contributed by atoms with E-state index in [-0.39, 0.29) is 37.3 Å². The lowest BCUT2D eigenvalue weighted by Gasteiger charge is -2.39. The van der Waals surface area contributed by atoms with Gasteiger partial charge in [0.2, 0.25) is 5.91 Å². The Morgan fingerprint density at radius 3 is 2.71 bits per heavy atom. The van der Waals surface area contributed by atoms with Gasteiger partial charge in [-0.15, -0.1) is 0 Å². The third kappa shape index (κ3) is 4.10. The molecule has 3 aliphatic rings. The largest absolute Gasteiger partial charge is 0.396 e. The molecule has 0 aromatic carbocycles. The van der Waals surface area contributed by atoms with Gasteiger partial charge < -0.3 is 15.0 Å². The van der Waals surface area contributed by atoms with Gasteiger partial charge in [0.1, 0.15) is 0 Å². The highest BCUT2D eigenvalue weighted by atomic mass is 19.4. The van der Waals surface area contributed by atoms with Gasteiger partial charge in [0.25, 0.3) is 0 Å². The van der Waals surface area contributed by atoms with Crippen LogP contribution in [0.4, 0.5) is 18.9 Å². The molecule has 0 radical (unpaired) electrons. The van der Waals surface area contributed by atoms with Crippen LogP contribution in [0, 0.1) is 5.41 Å². The Kier molecular flexibility index (Phi) is 5.22. The minimum absolute atomic E-state index is 0.107. The van der Waals surface area contributed by atoms with Crippen LogP contribution < -0.4 is 10.6 Å². The van der Waals surface area contributed by atoms with Gasteiger partial charge >= 0.3 is 6.18 Å². The van der Waals surface area contributed by atoms with Crippen molar-refractivity contribution in [2.24, 2.45) is 5.41 Å². The van der Waals surface area contributed by atoms with Crippen LogP contribution in [-0.4, -0.2) is 61.0 Å². The normalized spacial score (nSPS) is 24.1. The standard InChI is InChI=1S/C19H25F3N4O2/c20-19(21,22)18(5-6-18)11-24-14-1-3-16(23-7-14)13-8-26(9-13)17(27)4-2-15-10-28-12-25-15/h1,3,7,13,15,24-25H,2,4-6,8-12H2/t15-/m1/s1. The lowest BCUT2D eigenvalue weighted by Crippen LogP contribution is -2.49. The first kappa shape index (κ1) is 19.4. The summed E-state index contributed by atoms with van der Waals surface area (Å²) in [7, 11) is 0. The molecule has 2 N–H and O–H groups in total. The predicted octanol–water partition coefficient (Wildman–Crippen LogP) is 2.49. The third-order valence-electron chi connectivity index (χ3n) is 6.02. The average molecular weight is 398 g/mol. The lowest BCUT2D eigenvalue weighted by molar-refractivity contribution is -0.182. The fourth-order valence-corrected chi connectivity index (χ4v) is 3.68. The monoisotopic (exact) mass is 398 g/mol. The third-order valence-corrected chi connectivity index (χ3v) is 6.02. The maximum atomic E-state index is 13.0. The van der Waals surface area contributed by atoms with Crippen molar-refractivity contribution < 1.29 is 22.7 Å². The summed E-state index contributed by atoms with van der Waals surface area (Å²) in [4.78, 5) is 18.4. The van der Waals surface area contributed by atoms with Crippen molar-refractivity contribution in [2.45, 2.75) is 43.8 Å². The van der Waals surface area contributed by atoms with Gasteiger partial charge in [0, 0.05) is 43.7 Å². The second kappa shape index (κ2) is 7.51. The van der Waals surface area contributed by atoms with E-state index in [2.05, 4.69) is 15.6 Å². The molecule has 6 nitrogen and oxygen atoms in total. The van der Waals surface area contributed by atoms with E-state index in [1.54, 1.807) is 12.3 Å². The molecule has 1 aromatic heterocycles. The van der Waals surface area contributed by atoms with E-state index in [1.165, 1.54) is 0 Å². The summed E-state index contributed by atoms with van der Waals surface area (Å²) in [5.74, 6) is 0.334. The first-order chi connectivity index (χ1) is 13.4. The molecule has 4 rings (SSSR count). The van der Waals surface area contributed by atoms with Crippen molar-refractivity contribution in [2.75, 3.05) is 38.3 Å². The number of likely N-dealkylation sites (tertiary alicyclic amines) is 1. The highest BCUT2D eigenvalue weighted by molar-refractivity contribution is 5.77. The number of carbonyl (C=O) groups is 1. The smallest absolute Gasteiger partial charge is 0.383 e. The van der Waals surface area contributed by atoms with Crippen molar-refractivity contribution in [3.63, 3.8) is 0 Å². The molecule has 28 heavy (non-hydrogen) atoms. The highest BCUT2D eigenvalue weighted by Crippen LogP contribution is 2.57. The maximum absolute atomic E-state index is 13.0. The molecule has 154 valence electrons. The van der Waals surface area contributed by atoms with Crippen LogP contribution in [0.15, 0.2) is 18.3 Å². The van der Waals surface area contributed by atoms with Gasteiger partial charge in [-0.2, -0.15) is 13.2 Å². The number of halogens is 3. The maximum Gasteiger partial charge on any atom is 0.396 e. The fourth-order valence-electron chi connectivity index (χ4n) is 3.68. The number of rotatable bonds is 7. The van der Waals surface area contributed by atoms with E-state index < -0.39 is 11.6 Å². The summed E-state index contributed by atoms with van der Waals surface area (Å²) in [5, 5.41) is 6.05. The van der Waals surface area contributed by atoms with Gasteiger partial charge in [-0.3, -0.25) is 15.1 Å². The summed E-state index contributed by atoms with van der Waals surface area (Å²) < 4.78 is 44.1. The van der Waals surface area contributed by atoms with Crippen LogP contribution in [0.25, 0.3) is 0 Å². The molecule has 0 spiro atoms. The number of amides is 1. The Bertz CT molecular complexity index is 694. The Hall–Kier alpha value is -1.87. The highest BCUT2D eigenvalue weighted by Gasteiger charge is 2.62. The molecule has 1 aliphatic carbocycles. The summed E-state index contributed by atoms with van der Waals surface area (Å²) in [5.41, 5.74) is -0.101. The van der Waals surface area contributed by atoms with Crippen LogP contribution in [-0.2, 0) is 9.53 Å². The van der Waals surface area contributed by atoms with E-state index in [1.807, 2.05) is 11.0 Å². The Morgan fingerprint density at radius 1 is 1.36 bits per heavy atom. The van der Waals surface area contributed by atoms with Gasteiger partial charge in [-0.1, -0.05) is 0 Å². The van der Waals surface area contributed by atoms with E-state index in [0.29, 0.717) is 38.5 Å². The number of ether oxygens (including phenoxy) is 1. The molecular weight excluding hydrogens is 373 g/mol. The minimum atomic E-state index is -4.16. The molecule has 2 aliphatic heterocycles. The predicted molar refractivity (Wildman–Crippen MR) is 96.7 cm³/mol. The molecule has 3 fully saturated rings. The van der Waals surface area contributed by atoms with Crippen molar-refractivity contribution in [3.05, 3.63) is 24.0 Å². The number of alkyl halides is 3. The zero-order valence-electron chi connectivity index (χ0n) is 15.6. The second-order valence-corrected chi connectivity index (χ2v) is 8.05. The van der Waals surface area contributed by atoms with E-state index in [9.17, 15) is 18.0 Å². The van der Waals surface area contributed by atoms with Crippen molar-refractivity contribution >= 4 is 11.6 Å². The van der Waals surface area contributed by atoms with Crippen LogP contribution in [0.5, 0.6) is 0 Å². The Balaban J connectivity index is 1.20. The molecule has 1 saturated carbocycles. The summed E-state index contributed by atoms with van der Waals surface area (Å²) >= 11 is 0. The number of nitrogens with one attached hydrogen (secondary N) is 2. The van der Waals surface area contributed by atoms with Crippen LogP contribution in [0.2, 0.25) is 0 Å². The molecule has 0 unspecified atom stereocenters. The van der Waals surface area contributed by atoms with Gasteiger partial charge in [-0.05, 0) is 31.4 Å². The number of nitrogens with zero attached hydrogens (tertiary/aromatic N) is 2. The molecule has 1 amide bonds. The van der Waals surface area contributed by atoms with E-state index in [4.69, 9.17) is 4.74 Å². The fraction of sp³-hybridized carbons (Fsp3) is 0.684. The van der Waals surface area contributed by atoms with Crippen molar-refractivity contribution in [1.82, 2.24) is 15.2 Å². The zero-order valence-corrected chi connectivity index (χ0v) is 15.6. The molecular formula is C19H25F3N4O2. The van der Waals surface area contributed by atoms with Crippen molar-refractivity contribution in [3.8, 4) is 0 Å². The number of pyridine rings is 1. The minimum Gasteiger partial charge on any atom is -0.383 e. The summed E-state index contributed by atoms with van der Waals surface area (Å²) in [6, 6.07) is 3.86. The molecule has 0 bridgehead atoms. The first-order valence-corrected chi connectivity index (χ1v) is 9.72. The number of aromatic nitrogens is 1. The number of anilines is 1. The Morgan fingerprint density at radius 2 is 2.14 bits per heavy atom. The quantitative estimate of drug-likeness (QED) is 0.739. The topological polar surface area (TPSA) is 66.5 Å². The average Bonchev–Trinajstić information content (AvgIpc) is 3.25. The number of carbonyl (C=O) groups excluding carboxylic acids is 1. The number of hydrogen-bond acceptors (Lipinski definition) is 5. The Labute approximate surface area is 161 Å². The van der Waals surface area contributed by atoms with Gasteiger partial charge in [0.15, 0.2) is 0 Å². The number of hydrogen-bond donors (Lipinski definition) is 2. The van der Waals surface area contributed by atoms with Crippen molar-refractivity contribution in [1.29, 1.82) is 0 Å². The molecule has 1 aromatic rings. The van der Waals surface area contributed by atoms with Crippen LogP contribution in [0.1, 0.15) is 37.3 Å². The first-order valence-electron chi connectivity index (χ1n) is 9.72. The zero-order chi connectivity index (χ0) is 19.8. The molecule has 1 atom stereocenters. The van der Waals surface area contributed by atoms with Crippen LogP contribution >= 0.6 is 0 Å². The van der Waals surface area contributed by atoms with Gasteiger partial charge in [-0.25, -0.2) is 0 Å². The lowest BCUT2D eigenvalue weighted by atomic mass is 9.95. The molecule has 3 heterocycles. The molecule has 2 saturated heterocycles. The van der Waals surface area contributed by atoms with Gasteiger partial charge in [0.05, 0.1) is 30.6 Å². The second-order valence-electron chi connectivity index (χ2n) is 8.05. The SMILES string of the molecule is O=C(CC[C@@H]1COCN1)N1CC(c2ccc(NCC3(C(F)(F)F)CC3)cn2)C1. The van der Waals surface area contributed by atoms with Crippen LogP contribution in [0.3, 0.4) is 0 Å². The summed E-state index contributed by atoms with van der Waals surface area (Å²) in [6.45, 7) is 2.39.